The van der Waals surface area contributed by atoms with Crippen LogP contribution in [0.3, 0.4) is 0 Å². The van der Waals surface area contributed by atoms with E-state index in [-0.39, 0.29) is 18.5 Å². The van der Waals surface area contributed by atoms with Crippen LogP contribution in [0.15, 0.2) is 35.1 Å². The van der Waals surface area contributed by atoms with Gasteiger partial charge in [-0.3, -0.25) is 4.79 Å². The molecule has 0 aliphatic carbocycles. The number of nitrogen functional groups attached to an aromatic ring is 2. The molecule has 0 fully saturated rings. The first-order valence-corrected chi connectivity index (χ1v) is 12.3. The number of hydrogen-bond acceptors (Lipinski definition) is 11. The Hall–Kier alpha value is -4.65. The summed E-state index contributed by atoms with van der Waals surface area (Å²) in [7, 11) is 0. The topological polar surface area (TPSA) is 177 Å². The van der Waals surface area contributed by atoms with Crippen LogP contribution in [0.2, 0.25) is 0 Å². The fourth-order valence-corrected chi connectivity index (χ4v) is 4.68. The lowest BCUT2D eigenvalue weighted by molar-refractivity contribution is -0.133. The third-order valence-corrected chi connectivity index (χ3v) is 6.53. The molecule has 5 heterocycles. The zero-order valence-corrected chi connectivity index (χ0v) is 20.8. The van der Waals surface area contributed by atoms with Gasteiger partial charge >= 0.3 is 0 Å². The van der Waals surface area contributed by atoms with Crippen LogP contribution in [0.1, 0.15) is 30.4 Å². The number of ether oxygens (including phenoxy) is 1. The molecular weight excluding hydrogens is 488 g/mol. The van der Waals surface area contributed by atoms with Crippen molar-refractivity contribution in [3.8, 4) is 11.3 Å². The Kier molecular flexibility index (Phi) is 6.04. The fourth-order valence-electron chi connectivity index (χ4n) is 4.68. The van der Waals surface area contributed by atoms with E-state index in [4.69, 9.17) is 30.7 Å². The van der Waals surface area contributed by atoms with E-state index < -0.39 is 0 Å². The third-order valence-electron chi connectivity index (χ3n) is 6.53. The summed E-state index contributed by atoms with van der Waals surface area (Å²) in [6.07, 6.45) is 4.23. The Bertz CT molecular complexity index is 1660. The van der Waals surface area contributed by atoms with Crippen molar-refractivity contribution in [2.24, 2.45) is 0 Å². The van der Waals surface area contributed by atoms with Gasteiger partial charge in [0, 0.05) is 43.4 Å². The van der Waals surface area contributed by atoms with Crippen LogP contribution >= 0.6 is 0 Å². The van der Waals surface area contributed by atoms with Gasteiger partial charge in [0.05, 0.1) is 24.1 Å². The maximum atomic E-state index is 12.5. The quantitative estimate of drug-likeness (QED) is 0.303. The molecule has 1 aliphatic rings. The van der Waals surface area contributed by atoms with Crippen LogP contribution in [0.4, 0.5) is 11.8 Å². The van der Waals surface area contributed by atoms with E-state index in [0.29, 0.717) is 78.6 Å². The van der Waals surface area contributed by atoms with Crippen molar-refractivity contribution in [2.45, 2.75) is 32.9 Å². The molecule has 0 saturated heterocycles. The van der Waals surface area contributed by atoms with Crippen LogP contribution in [-0.2, 0) is 29.0 Å². The van der Waals surface area contributed by atoms with Crippen molar-refractivity contribution < 1.29 is 13.9 Å². The van der Waals surface area contributed by atoms with Crippen molar-refractivity contribution in [2.75, 3.05) is 31.2 Å². The van der Waals surface area contributed by atoms with E-state index in [1.165, 1.54) is 6.33 Å². The van der Waals surface area contributed by atoms with E-state index in [0.717, 1.165) is 16.8 Å². The lowest BCUT2D eigenvalue weighted by Crippen LogP contribution is -2.37. The van der Waals surface area contributed by atoms with Crippen molar-refractivity contribution in [3.63, 3.8) is 0 Å². The molecule has 13 heteroatoms. The number of aromatic nitrogens is 7. The Labute approximate surface area is 216 Å². The number of anilines is 2. The van der Waals surface area contributed by atoms with Gasteiger partial charge in [0.1, 0.15) is 35.7 Å². The number of amides is 1. The summed E-state index contributed by atoms with van der Waals surface area (Å²) in [5.74, 6) is 0.983. The normalized spacial score (nSPS) is 13.3. The van der Waals surface area contributed by atoms with E-state index in [1.807, 2.05) is 24.0 Å². The highest BCUT2D eigenvalue weighted by molar-refractivity contribution is 5.99. The molecule has 0 atom stereocenters. The molecule has 1 aliphatic heterocycles. The molecular formula is C25H26N10O3. The van der Waals surface area contributed by atoms with Crippen molar-refractivity contribution in [1.82, 2.24) is 39.6 Å². The van der Waals surface area contributed by atoms with Crippen molar-refractivity contribution in [1.29, 1.82) is 0 Å². The Morgan fingerprint density at radius 1 is 1.18 bits per heavy atom. The molecule has 0 unspecified atom stereocenters. The molecule has 38 heavy (non-hydrogen) atoms. The highest BCUT2D eigenvalue weighted by Crippen LogP contribution is 2.32. The predicted octanol–water partition coefficient (Wildman–Crippen LogP) is 1.95. The number of benzene rings is 1. The first-order chi connectivity index (χ1) is 18.5. The molecule has 13 nitrogen and oxygen atoms in total. The maximum Gasteiger partial charge on any atom is 0.292 e. The third kappa shape index (κ3) is 4.36. The lowest BCUT2D eigenvalue weighted by Gasteiger charge is -2.28. The first-order valence-electron chi connectivity index (χ1n) is 12.3. The fraction of sp³-hybridized carbons (Fsp3) is 0.320. The molecule has 4 N–H and O–H groups in total. The number of hydrogen-bond donors (Lipinski definition) is 2. The maximum absolute atomic E-state index is 12.5. The van der Waals surface area contributed by atoms with Gasteiger partial charge in [0.15, 0.2) is 11.2 Å². The lowest BCUT2D eigenvalue weighted by atomic mass is 10.1. The minimum absolute atomic E-state index is 0.0764. The second-order valence-corrected chi connectivity index (χ2v) is 8.97. The zero-order chi connectivity index (χ0) is 26.2. The molecule has 1 amide bonds. The summed E-state index contributed by atoms with van der Waals surface area (Å²) in [5.41, 5.74) is 17.0. The molecule has 5 aromatic rings. The van der Waals surface area contributed by atoms with Crippen LogP contribution < -0.4 is 11.5 Å². The van der Waals surface area contributed by atoms with Crippen LogP contribution in [-0.4, -0.2) is 65.3 Å². The average molecular weight is 515 g/mol. The van der Waals surface area contributed by atoms with Crippen LogP contribution in [0, 0.1) is 0 Å². The molecule has 0 saturated carbocycles. The molecule has 0 radical (unpaired) electrons. The highest BCUT2D eigenvalue weighted by Gasteiger charge is 2.23. The van der Waals surface area contributed by atoms with Crippen LogP contribution in [0.25, 0.3) is 33.4 Å². The van der Waals surface area contributed by atoms with Gasteiger partial charge < -0.3 is 25.5 Å². The minimum Gasteiger partial charge on any atom is -0.424 e. The summed E-state index contributed by atoms with van der Waals surface area (Å²) in [5, 5.41) is 5.44. The first kappa shape index (κ1) is 23.7. The molecule has 194 valence electrons. The van der Waals surface area contributed by atoms with Crippen LogP contribution in [0.5, 0.6) is 0 Å². The van der Waals surface area contributed by atoms with Crippen molar-refractivity contribution >= 4 is 39.9 Å². The number of nitrogens with zero attached hydrogens (tertiary/aromatic N) is 8. The molecule has 6 rings (SSSR count). The number of fused-ring (bicyclic) bond motifs is 3. The van der Waals surface area contributed by atoms with E-state index >= 15 is 0 Å². The molecule has 0 spiro atoms. The summed E-state index contributed by atoms with van der Waals surface area (Å²) >= 11 is 0. The second-order valence-electron chi connectivity index (χ2n) is 8.97. The minimum atomic E-state index is 0.0764. The molecule has 4 aromatic heterocycles. The molecule has 1 aromatic carbocycles. The van der Waals surface area contributed by atoms with Gasteiger partial charge in [-0.25, -0.2) is 24.6 Å². The zero-order valence-electron chi connectivity index (χ0n) is 20.8. The van der Waals surface area contributed by atoms with E-state index in [1.54, 1.807) is 16.9 Å². The standard InChI is InChI=1S/C25H26N10O3/c1-2-37-8-6-20(36)34-7-5-16-15(11-34)10-28-19(31-16)12-35-24-21(23(26)29-13-30-24)22(33-35)14-3-4-18-17(9-14)32-25(27)38-18/h3-4,9-10,13H,2,5-8,11-12H2,1H3,(H2,27,32)(H2,26,29,30). The SMILES string of the molecule is CCOCCC(=O)N1CCc2nc(Cn3nc(-c4ccc5oc(N)nc5c4)c4c(N)ncnc43)ncc2C1. The smallest absolute Gasteiger partial charge is 0.292 e. The Balaban J connectivity index is 1.28. The summed E-state index contributed by atoms with van der Waals surface area (Å²) < 4.78 is 12.4. The second kappa shape index (κ2) is 9.67. The Morgan fingerprint density at radius 3 is 2.95 bits per heavy atom. The summed E-state index contributed by atoms with van der Waals surface area (Å²) in [4.78, 5) is 36.5. The average Bonchev–Trinajstić information content (AvgIpc) is 3.48. The number of carbonyl (C=O) groups excluding carboxylic acids is 1. The Morgan fingerprint density at radius 2 is 2.08 bits per heavy atom. The highest BCUT2D eigenvalue weighted by atomic mass is 16.5. The largest absolute Gasteiger partial charge is 0.424 e. The molecule has 0 bridgehead atoms. The number of oxazole rings is 1. The van der Waals surface area contributed by atoms with E-state index in [2.05, 4.69) is 19.9 Å². The van der Waals surface area contributed by atoms with Gasteiger partial charge in [-0.2, -0.15) is 10.1 Å². The number of carbonyl (C=O) groups is 1. The number of nitrogens with two attached hydrogens (primary N) is 2. The summed E-state index contributed by atoms with van der Waals surface area (Å²) in [6.45, 7) is 4.35. The van der Waals surface area contributed by atoms with Gasteiger partial charge in [-0.15, -0.1) is 0 Å². The number of rotatable bonds is 7. The van der Waals surface area contributed by atoms with Crippen molar-refractivity contribution in [3.05, 3.63) is 47.8 Å². The predicted molar refractivity (Wildman–Crippen MR) is 139 cm³/mol. The van der Waals surface area contributed by atoms with Gasteiger partial charge in [-0.05, 0) is 25.1 Å². The van der Waals surface area contributed by atoms with Gasteiger partial charge in [0.2, 0.25) is 5.91 Å². The van der Waals surface area contributed by atoms with Gasteiger partial charge in [-0.1, -0.05) is 0 Å². The summed E-state index contributed by atoms with van der Waals surface area (Å²) in [6, 6.07) is 5.58. The monoisotopic (exact) mass is 514 g/mol. The van der Waals surface area contributed by atoms with E-state index in [9.17, 15) is 4.79 Å². The van der Waals surface area contributed by atoms with Gasteiger partial charge in [0.25, 0.3) is 6.01 Å².